The Kier molecular flexibility index (Phi) is 3.63. The van der Waals surface area contributed by atoms with Crippen LogP contribution >= 0.6 is 23.2 Å². The summed E-state index contributed by atoms with van der Waals surface area (Å²) in [6.45, 7) is 1.96. The maximum Gasteiger partial charge on any atom is 0.127 e. The number of aliphatic hydroxyl groups excluding tert-OH is 1. The van der Waals surface area contributed by atoms with Gasteiger partial charge in [0.15, 0.2) is 0 Å². The molecule has 104 valence electrons. The first-order valence-corrected chi connectivity index (χ1v) is 7.20. The summed E-state index contributed by atoms with van der Waals surface area (Å²) in [5.74, 6) is 0.676. The van der Waals surface area contributed by atoms with Gasteiger partial charge in [0.25, 0.3) is 0 Å². The summed E-state index contributed by atoms with van der Waals surface area (Å²) in [7, 11) is 0. The number of halogens is 2. The van der Waals surface area contributed by atoms with Crippen LogP contribution in [0.5, 0.6) is 5.75 Å². The third-order valence-corrected chi connectivity index (χ3v) is 4.25. The molecule has 0 aromatic heterocycles. The van der Waals surface area contributed by atoms with Crippen LogP contribution in [0.2, 0.25) is 10.0 Å². The predicted octanol–water partition coefficient (Wildman–Crippen LogP) is 4.86. The van der Waals surface area contributed by atoms with Gasteiger partial charge in [-0.1, -0.05) is 35.3 Å². The Labute approximate surface area is 127 Å². The SMILES string of the molecule is Cc1ccc(C2C[C@H](O)c3cc(Cl)ccc3O2)cc1Cl. The zero-order chi connectivity index (χ0) is 14.3. The Hall–Kier alpha value is -1.22. The number of hydrogen-bond acceptors (Lipinski definition) is 2. The van der Waals surface area contributed by atoms with Crippen molar-refractivity contribution in [3.63, 3.8) is 0 Å². The standard InChI is InChI=1S/C16H14Cl2O2/c1-9-2-3-10(6-13(9)18)16-8-14(19)12-7-11(17)4-5-15(12)20-16/h2-7,14,16,19H,8H2,1H3/t14-,16?/m0/s1. The van der Waals surface area contributed by atoms with E-state index >= 15 is 0 Å². The molecule has 1 aliphatic rings. The van der Waals surface area contributed by atoms with Crippen LogP contribution in [0.25, 0.3) is 0 Å². The second-order valence-corrected chi connectivity index (χ2v) is 5.89. The molecule has 0 saturated heterocycles. The quantitative estimate of drug-likeness (QED) is 0.815. The van der Waals surface area contributed by atoms with Gasteiger partial charge in [-0.05, 0) is 42.3 Å². The van der Waals surface area contributed by atoms with Gasteiger partial charge in [-0.2, -0.15) is 0 Å². The number of hydrogen-bond donors (Lipinski definition) is 1. The van der Waals surface area contributed by atoms with E-state index in [4.69, 9.17) is 27.9 Å². The molecule has 2 nitrogen and oxygen atoms in total. The average Bonchev–Trinajstić information content (AvgIpc) is 2.42. The second-order valence-electron chi connectivity index (χ2n) is 5.05. The lowest BCUT2D eigenvalue weighted by molar-refractivity contribution is 0.0657. The molecule has 0 aliphatic carbocycles. The first-order chi connectivity index (χ1) is 9.54. The zero-order valence-corrected chi connectivity index (χ0v) is 12.4. The summed E-state index contributed by atoms with van der Waals surface area (Å²) >= 11 is 12.1. The zero-order valence-electron chi connectivity index (χ0n) is 10.9. The summed E-state index contributed by atoms with van der Waals surface area (Å²) in [4.78, 5) is 0. The van der Waals surface area contributed by atoms with Gasteiger partial charge >= 0.3 is 0 Å². The van der Waals surface area contributed by atoms with E-state index in [1.165, 1.54) is 0 Å². The molecule has 0 spiro atoms. The topological polar surface area (TPSA) is 29.5 Å². The van der Waals surface area contributed by atoms with Gasteiger partial charge in [0, 0.05) is 22.0 Å². The summed E-state index contributed by atoms with van der Waals surface area (Å²) < 4.78 is 5.96. The van der Waals surface area contributed by atoms with Gasteiger partial charge in [-0.25, -0.2) is 0 Å². The average molecular weight is 309 g/mol. The van der Waals surface area contributed by atoms with Crippen LogP contribution < -0.4 is 4.74 Å². The van der Waals surface area contributed by atoms with Gasteiger partial charge in [0.2, 0.25) is 0 Å². The molecular formula is C16H14Cl2O2. The smallest absolute Gasteiger partial charge is 0.127 e. The minimum Gasteiger partial charge on any atom is -0.485 e. The normalized spacial score (nSPS) is 21.2. The molecule has 3 rings (SSSR count). The van der Waals surface area contributed by atoms with Crippen LogP contribution in [0, 0.1) is 6.92 Å². The van der Waals surface area contributed by atoms with E-state index in [1.807, 2.05) is 25.1 Å². The molecule has 0 bridgehead atoms. The van der Waals surface area contributed by atoms with Crippen molar-refractivity contribution in [1.29, 1.82) is 0 Å². The van der Waals surface area contributed by atoms with Crippen molar-refractivity contribution >= 4 is 23.2 Å². The molecule has 20 heavy (non-hydrogen) atoms. The molecular weight excluding hydrogens is 295 g/mol. The fraction of sp³-hybridized carbons (Fsp3) is 0.250. The molecule has 0 radical (unpaired) electrons. The number of aliphatic hydroxyl groups is 1. The van der Waals surface area contributed by atoms with E-state index in [-0.39, 0.29) is 6.10 Å². The summed E-state index contributed by atoms with van der Waals surface area (Å²) in [5.41, 5.74) is 2.74. The third-order valence-electron chi connectivity index (χ3n) is 3.61. The molecule has 0 saturated carbocycles. The molecule has 2 aromatic carbocycles. The Balaban J connectivity index is 1.94. The second kappa shape index (κ2) is 5.28. The van der Waals surface area contributed by atoms with Crippen molar-refractivity contribution < 1.29 is 9.84 Å². The van der Waals surface area contributed by atoms with Crippen molar-refractivity contribution in [1.82, 2.24) is 0 Å². The van der Waals surface area contributed by atoms with E-state index in [1.54, 1.807) is 18.2 Å². The number of rotatable bonds is 1. The largest absolute Gasteiger partial charge is 0.485 e. The lowest BCUT2D eigenvalue weighted by Crippen LogP contribution is -2.19. The van der Waals surface area contributed by atoms with E-state index in [9.17, 15) is 5.11 Å². The van der Waals surface area contributed by atoms with Crippen LogP contribution in [0.4, 0.5) is 0 Å². The number of ether oxygens (including phenoxy) is 1. The highest BCUT2D eigenvalue weighted by molar-refractivity contribution is 6.31. The molecule has 2 aromatic rings. The van der Waals surface area contributed by atoms with Crippen molar-refractivity contribution in [3.8, 4) is 5.75 Å². The van der Waals surface area contributed by atoms with Crippen molar-refractivity contribution in [2.45, 2.75) is 25.6 Å². The summed E-state index contributed by atoms with van der Waals surface area (Å²) in [5, 5.41) is 11.6. The maximum atomic E-state index is 10.3. The highest BCUT2D eigenvalue weighted by Gasteiger charge is 2.28. The molecule has 4 heteroatoms. The Morgan fingerprint density at radius 1 is 1.15 bits per heavy atom. The fourth-order valence-corrected chi connectivity index (χ4v) is 2.80. The van der Waals surface area contributed by atoms with Crippen molar-refractivity contribution in [2.75, 3.05) is 0 Å². The van der Waals surface area contributed by atoms with Crippen LogP contribution in [0.15, 0.2) is 36.4 Å². The van der Waals surface area contributed by atoms with Gasteiger partial charge < -0.3 is 9.84 Å². The Morgan fingerprint density at radius 2 is 1.95 bits per heavy atom. The van der Waals surface area contributed by atoms with E-state index < -0.39 is 6.10 Å². The number of aryl methyl sites for hydroxylation is 1. The highest BCUT2D eigenvalue weighted by Crippen LogP contribution is 2.42. The van der Waals surface area contributed by atoms with Crippen LogP contribution in [-0.2, 0) is 0 Å². The summed E-state index contributed by atoms with van der Waals surface area (Å²) in [6.07, 6.45) is -0.286. The highest BCUT2D eigenvalue weighted by atomic mass is 35.5. The van der Waals surface area contributed by atoms with E-state index in [2.05, 4.69) is 0 Å². The monoisotopic (exact) mass is 308 g/mol. The fourth-order valence-electron chi connectivity index (χ4n) is 2.43. The van der Waals surface area contributed by atoms with E-state index in [0.717, 1.165) is 16.7 Å². The molecule has 0 amide bonds. The van der Waals surface area contributed by atoms with Gasteiger partial charge in [0.05, 0.1) is 6.10 Å². The third kappa shape index (κ3) is 2.51. The van der Waals surface area contributed by atoms with Gasteiger partial charge in [0.1, 0.15) is 11.9 Å². The molecule has 0 fully saturated rings. The number of benzene rings is 2. The van der Waals surface area contributed by atoms with Gasteiger partial charge in [-0.3, -0.25) is 0 Å². The van der Waals surface area contributed by atoms with Crippen molar-refractivity contribution in [3.05, 3.63) is 63.1 Å². The first kappa shape index (κ1) is 13.7. The Bertz CT molecular complexity index is 655. The Morgan fingerprint density at radius 3 is 2.70 bits per heavy atom. The molecule has 1 N–H and O–H groups in total. The van der Waals surface area contributed by atoms with Crippen molar-refractivity contribution in [2.24, 2.45) is 0 Å². The molecule has 2 atom stereocenters. The van der Waals surface area contributed by atoms with Crippen LogP contribution in [0.1, 0.15) is 35.3 Å². The number of fused-ring (bicyclic) bond motifs is 1. The molecule has 1 heterocycles. The molecule has 1 unspecified atom stereocenters. The maximum absolute atomic E-state index is 10.3. The van der Waals surface area contributed by atoms with Crippen LogP contribution in [-0.4, -0.2) is 5.11 Å². The lowest BCUT2D eigenvalue weighted by atomic mass is 9.94. The van der Waals surface area contributed by atoms with Gasteiger partial charge in [-0.15, -0.1) is 0 Å². The first-order valence-electron chi connectivity index (χ1n) is 6.45. The van der Waals surface area contributed by atoms with Crippen LogP contribution in [0.3, 0.4) is 0 Å². The predicted molar refractivity (Wildman–Crippen MR) is 80.6 cm³/mol. The summed E-state index contributed by atoms with van der Waals surface area (Å²) in [6, 6.07) is 11.2. The van der Waals surface area contributed by atoms with E-state index in [0.29, 0.717) is 22.2 Å². The minimum absolute atomic E-state index is 0.197. The minimum atomic E-state index is -0.581. The molecule has 1 aliphatic heterocycles. The lowest BCUT2D eigenvalue weighted by Gasteiger charge is -2.30.